The number of carbonyl (C=O) groups excluding carboxylic acids is 2. The number of anilines is 2. The van der Waals surface area contributed by atoms with E-state index in [1.165, 1.54) is 39.5 Å². The number of nitrogens with one attached hydrogen (secondary N) is 1. The topological polar surface area (TPSA) is 79.7 Å². The second kappa shape index (κ2) is 13.8. The summed E-state index contributed by atoms with van der Waals surface area (Å²) in [5, 5.41) is 3.45. The van der Waals surface area contributed by atoms with Crippen LogP contribution >= 0.6 is 0 Å². The zero-order valence-electron chi connectivity index (χ0n) is 24.8. The molecule has 1 fully saturated rings. The third-order valence-electron chi connectivity index (χ3n) is 7.32. The molecule has 1 saturated heterocycles. The van der Waals surface area contributed by atoms with Crippen molar-refractivity contribution in [3.8, 4) is 0 Å². The summed E-state index contributed by atoms with van der Waals surface area (Å²) in [6.45, 7) is 14.2. The number of likely N-dealkylation sites (tertiary alicyclic amines) is 1. The van der Waals surface area contributed by atoms with E-state index in [1.807, 2.05) is 35.2 Å². The van der Waals surface area contributed by atoms with Crippen LogP contribution in [0.3, 0.4) is 0 Å². The summed E-state index contributed by atoms with van der Waals surface area (Å²) in [4.78, 5) is 34.9. The normalized spacial score (nSPS) is 14.2. The SMILES string of the molecule is COC(=O)c1ccc(Nc2nc3ccc(C(=O)N(CC(C)C)CC(C)C)cc3n2CCCN2CCCCC2)cc1. The lowest BCUT2D eigenvalue weighted by molar-refractivity contribution is 0.0600. The van der Waals surface area contributed by atoms with Crippen LogP contribution in [0, 0.1) is 11.8 Å². The van der Waals surface area contributed by atoms with Crippen molar-refractivity contribution in [3.63, 3.8) is 0 Å². The zero-order valence-corrected chi connectivity index (χ0v) is 24.8. The van der Waals surface area contributed by atoms with Gasteiger partial charge in [0, 0.05) is 30.9 Å². The molecule has 40 heavy (non-hydrogen) atoms. The van der Waals surface area contributed by atoms with Crippen LogP contribution in [0.25, 0.3) is 11.0 Å². The van der Waals surface area contributed by atoms with Crippen molar-refractivity contribution >= 4 is 34.5 Å². The summed E-state index contributed by atoms with van der Waals surface area (Å²) in [6, 6.07) is 13.1. The lowest BCUT2D eigenvalue weighted by Crippen LogP contribution is -2.37. The predicted molar refractivity (Wildman–Crippen MR) is 161 cm³/mol. The zero-order chi connectivity index (χ0) is 28.6. The molecule has 1 aromatic heterocycles. The first-order valence-corrected chi connectivity index (χ1v) is 14.7. The molecular formula is C32H45N5O3. The summed E-state index contributed by atoms with van der Waals surface area (Å²) in [7, 11) is 1.38. The van der Waals surface area contributed by atoms with Crippen LogP contribution in [0.2, 0.25) is 0 Å². The van der Waals surface area contributed by atoms with Crippen LogP contribution in [0.4, 0.5) is 11.6 Å². The van der Waals surface area contributed by atoms with E-state index in [-0.39, 0.29) is 11.9 Å². The molecule has 0 radical (unpaired) electrons. The van der Waals surface area contributed by atoms with Crippen molar-refractivity contribution in [2.24, 2.45) is 11.8 Å². The van der Waals surface area contributed by atoms with Crippen LogP contribution < -0.4 is 5.32 Å². The number of hydrogen-bond donors (Lipinski definition) is 1. The highest BCUT2D eigenvalue weighted by Crippen LogP contribution is 2.26. The Kier molecular flexibility index (Phi) is 10.2. The standard InChI is InChI=1S/C32H45N5O3/c1-23(2)21-36(22-24(3)4)30(38)26-12-15-28-29(20-26)37(19-9-18-35-16-7-6-8-17-35)32(34-28)33-27-13-10-25(11-14-27)31(39)40-5/h10-15,20,23-24H,6-9,16-19,21-22H2,1-5H3,(H,33,34). The average molecular weight is 548 g/mol. The Balaban J connectivity index is 1.63. The Morgan fingerprint density at radius 2 is 1.57 bits per heavy atom. The van der Waals surface area contributed by atoms with E-state index in [0.29, 0.717) is 23.0 Å². The van der Waals surface area contributed by atoms with Gasteiger partial charge < -0.3 is 24.4 Å². The second-order valence-electron chi connectivity index (χ2n) is 11.7. The summed E-state index contributed by atoms with van der Waals surface area (Å²) in [5.41, 5.74) is 3.82. The maximum absolute atomic E-state index is 13.6. The van der Waals surface area contributed by atoms with Crippen LogP contribution in [-0.2, 0) is 11.3 Å². The van der Waals surface area contributed by atoms with Gasteiger partial charge in [0.25, 0.3) is 5.91 Å². The quantitative estimate of drug-likeness (QED) is 0.272. The average Bonchev–Trinajstić information content (AvgIpc) is 3.28. The highest BCUT2D eigenvalue weighted by Gasteiger charge is 2.21. The van der Waals surface area contributed by atoms with Crippen LogP contribution in [0.5, 0.6) is 0 Å². The van der Waals surface area contributed by atoms with Crippen molar-refractivity contribution in [2.45, 2.75) is 59.9 Å². The molecule has 3 aromatic rings. The minimum absolute atomic E-state index is 0.0678. The Bertz CT molecular complexity index is 1270. The molecule has 0 bridgehead atoms. The molecule has 0 atom stereocenters. The molecule has 1 amide bonds. The van der Waals surface area contributed by atoms with Crippen molar-refractivity contribution in [1.82, 2.24) is 19.4 Å². The van der Waals surface area contributed by atoms with Gasteiger partial charge >= 0.3 is 5.97 Å². The third-order valence-corrected chi connectivity index (χ3v) is 7.32. The number of esters is 1. The van der Waals surface area contributed by atoms with Gasteiger partial charge in [-0.1, -0.05) is 34.1 Å². The first-order valence-electron chi connectivity index (χ1n) is 14.7. The Morgan fingerprint density at radius 3 is 2.20 bits per heavy atom. The monoisotopic (exact) mass is 547 g/mol. The van der Waals surface area contributed by atoms with E-state index in [2.05, 4.69) is 42.5 Å². The number of methoxy groups -OCH3 is 1. The Morgan fingerprint density at radius 1 is 0.925 bits per heavy atom. The van der Waals surface area contributed by atoms with Gasteiger partial charge in [0.05, 0.1) is 23.7 Å². The highest BCUT2D eigenvalue weighted by molar-refractivity contribution is 5.98. The minimum Gasteiger partial charge on any atom is -0.465 e. The summed E-state index contributed by atoms with van der Waals surface area (Å²) in [6.07, 6.45) is 4.87. The van der Waals surface area contributed by atoms with Gasteiger partial charge in [-0.3, -0.25) is 4.79 Å². The highest BCUT2D eigenvalue weighted by atomic mass is 16.5. The number of carbonyl (C=O) groups is 2. The Labute approximate surface area is 238 Å². The first kappa shape index (κ1) is 29.6. The third kappa shape index (κ3) is 7.62. The van der Waals surface area contributed by atoms with Crippen molar-refractivity contribution < 1.29 is 14.3 Å². The lowest BCUT2D eigenvalue weighted by atomic mass is 10.1. The molecule has 1 aliphatic heterocycles. The maximum atomic E-state index is 13.6. The molecule has 8 nitrogen and oxygen atoms in total. The lowest BCUT2D eigenvalue weighted by Gasteiger charge is -2.27. The number of benzene rings is 2. The largest absolute Gasteiger partial charge is 0.465 e. The molecule has 2 aromatic carbocycles. The summed E-state index contributed by atoms with van der Waals surface area (Å²) < 4.78 is 7.02. The van der Waals surface area contributed by atoms with Gasteiger partial charge in [0.1, 0.15) is 0 Å². The van der Waals surface area contributed by atoms with Crippen molar-refractivity contribution in [2.75, 3.05) is 45.2 Å². The fourth-order valence-electron chi connectivity index (χ4n) is 5.45. The molecule has 2 heterocycles. The number of rotatable bonds is 12. The molecule has 0 saturated carbocycles. The number of aryl methyl sites for hydroxylation is 1. The van der Waals surface area contributed by atoms with Crippen molar-refractivity contribution in [3.05, 3.63) is 53.6 Å². The molecule has 0 aliphatic carbocycles. The van der Waals surface area contributed by atoms with Gasteiger partial charge in [-0.05, 0) is 93.2 Å². The molecule has 0 spiro atoms. The molecule has 0 unspecified atom stereocenters. The minimum atomic E-state index is -0.363. The molecule has 4 rings (SSSR count). The molecular weight excluding hydrogens is 502 g/mol. The van der Waals surface area contributed by atoms with Gasteiger partial charge in [-0.2, -0.15) is 0 Å². The van der Waals surface area contributed by atoms with Gasteiger partial charge in [0.2, 0.25) is 5.95 Å². The fraction of sp³-hybridized carbons (Fsp3) is 0.531. The van der Waals surface area contributed by atoms with Crippen molar-refractivity contribution in [1.29, 1.82) is 0 Å². The summed E-state index contributed by atoms with van der Waals surface area (Å²) >= 11 is 0. The van der Waals surface area contributed by atoms with E-state index in [4.69, 9.17) is 9.72 Å². The van der Waals surface area contributed by atoms with Crippen LogP contribution in [0.1, 0.15) is 74.1 Å². The molecule has 216 valence electrons. The maximum Gasteiger partial charge on any atom is 0.337 e. The first-order chi connectivity index (χ1) is 19.2. The fourth-order valence-corrected chi connectivity index (χ4v) is 5.45. The van der Waals surface area contributed by atoms with Gasteiger partial charge in [-0.15, -0.1) is 0 Å². The number of nitrogens with zero attached hydrogens (tertiary/aromatic N) is 4. The Hall–Kier alpha value is -3.39. The predicted octanol–water partition coefficient (Wildman–Crippen LogP) is 6.20. The second-order valence-corrected chi connectivity index (χ2v) is 11.7. The summed E-state index contributed by atoms with van der Waals surface area (Å²) in [5.74, 6) is 1.22. The number of ether oxygens (including phenoxy) is 1. The smallest absolute Gasteiger partial charge is 0.337 e. The van der Waals surface area contributed by atoms with E-state index in [9.17, 15) is 9.59 Å². The number of imidazole rings is 1. The van der Waals surface area contributed by atoms with E-state index in [1.54, 1.807) is 12.1 Å². The van der Waals surface area contributed by atoms with Gasteiger partial charge in [0.15, 0.2) is 0 Å². The van der Waals surface area contributed by atoms with Crippen LogP contribution in [-0.4, -0.2) is 71.1 Å². The molecule has 8 heteroatoms. The number of hydrogen-bond acceptors (Lipinski definition) is 6. The number of aromatic nitrogens is 2. The van der Waals surface area contributed by atoms with Gasteiger partial charge in [-0.25, -0.2) is 9.78 Å². The molecule has 1 aliphatic rings. The van der Waals surface area contributed by atoms with E-state index >= 15 is 0 Å². The molecule has 1 N–H and O–H groups in total. The number of amides is 1. The van der Waals surface area contributed by atoms with E-state index < -0.39 is 0 Å². The van der Waals surface area contributed by atoms with Crippen LogP contribution in [0.15, 0.2) is 42.5 Å². The number of fused-ring (bicyclic) bond motifs is 1. The number of piperidine rings is 1. The van der Waals surface area contributed by atoms with E-state index in [0.717, 1.165) is 55.3 Å².